The highest BCUT2D eigenvalue weighted by atomic mass is 16.3. The van der Waals surface area contributed by atoms with Gasteiger partial charge in [-0.3, -0.25) is 4.79 Å². The number of hydrogen-bond acceptors (Lipinski definition) is 5. The van der Waals surface area contributed by atoms with Crippen molar-refractivity contribution >= 4 is 5.78 Å². The largest absolute Gasteiger partial charge is 0.508 e. The number of benzene rings is 1. The van der Waals surface area contributed by atoms with Gasteiger partial charge in [-0.1, -0.05) is 0 Å². The Kier molecular flexibility index (Phi) is 2.93. The second-order valence-electron chi connectivity index (χ2n) is 2.76. The van der Waals surface area contributed by atoms with E-state index in [2.05, 4.69) is 0 Å². The maximum absolute atomic E-state index is 11.2. The summed E-state index contributed by atoms with van der Waals surface area (Å²) >= 11 is 0. The zero-order valence-corrected chi connectivity index (χ0v) is 7.27. The van der Waals surface area contributed by atoms with E-state index < -0.39 is 17.3 Å². The number of carbonyl (C=O) groups is 1. The van der Waals surface area contributed by atoms with Crippen LogP contribution in [0, 0.1) is 0 Å². The van der Waals surface area contributed by atoms with E-state index >= 15 is 0 Å². The van der Waals surface area contributed by atoms with E-state index in [1.165, 1.54) is 0 Å². The Labute approximate surface area is 79.9 Å². The molecule has 0 fully saturated rings. The molecule has 1 aromatic rings. The third-order valence-electron chi connectivity index (χ3n) is 1.70. The topological polar surface area (TPSA) is 98.0 Å². The second kappa shape index (κ2) is 3.97. The normalized spacial score (nSPS) is 10.1. The first-order valence-corrected chi connectivity index (χ1v) is 3.95. The molecule has 0 radical (unpaired) electrons. The van der Waals surface area contributed by atoms with Crippen molar-refractivity contribution in [2.75, 3.05) is 6.61 Å². The van der Waals surface area contributed by atoms with Crippen molar-refractivity contribution in [2.45, 2.75) is 6.42 Å². The molecule has 0 unspecified atom stereocenters. The molecule has 0 saturated carbocycles. The van der Waals surface area contributed by atoms with Crippen LogP contribution in [-0.2, 0) is 0 Å². The molecule has 0 saturated heterocycles. The van der Waals surface area contributed by atoms with Crippen molar-refractivity contribution in [3.8, 4) is 17.2 Å². The molecule has 5 nitrogen and oxygen atoms in total. The Morgan fingerprint density at radius 3 is 2.07 bits per heavy atom. The Balaban J connectivity index is 3.14. The maximum Gasteiger partial charge on any atom is 0.172 e. The third kappa shape index (κ3) is 1.94. The highest BCUT2D eigenvalue weighted by molar-refractivity contribution is 6.01. The van der Waals surface area contributed by atoms with Crippen molar-refractivity contribution in [3.05, 3.63) is 17.7 Å². The first-order chi connectivity index (χ1) is 6.56. The molecule has 0 atom stereocenters. The van der Waals surface area contributed by atoms with E-state index in [1.54, 1.807) is 0 Å². The van der Waals surface area contributed by atoms with Crippen LogP contribution < -0.4 is 0 Å². The fourth-order valence-electron chi connectivity index (χ4n) is 1.11. The molecule has 76 valence electrons. The SMILES string of the molecule is O=C(CCO)c1c(O)cc(O)cc1O. The van der Waals surface area contributed by atoms with Gasteiger partial charge in [0.05, 0.1) is 6.61 Å². The van der Waals surface area contributed by atoms with Crippen LogP contribution in [0.3, 0.4) is 0 Å². The lowest BCUT2D eigenvalue weighted by Crippen LogP contribution is -2.02. The van der Waals surface area contributed by atoms with Crippen molar-refractivity contribution in [2.24, 2.45) is 0 Å². The fourth-order valence-corrected chi connectivity index (χ4v) is 1.11. The van der Waals surface area contributed by atoms with Gasteiger partial charge < -0.3 is 20.4 Å². The first-order valence-electron chi connectivity index (χ1n) is 3.95. The van der Waals surface area contributed by atoms with Gasteiger partial charge in [-0.2, -0.15) is 0 Å². The van der Waals surface area contributed by atoms with Crippen molar-refractivity contribution in [1.29, 1.82) is 0 Å². The molecule has 0 amide bonds. The average Bonchev–Trinajstić information content (AvgIpc) is 2.01. The molecule has 0 aromatic heterocycles. The lowest BCUT2D eigenvalue weighted by Gasteiger charge is -2.05. The zero-order chi connectivity index (χ0) is 10.7. The molecule has 5 heteroatoms. The van der Waals surface area contributed by atoms with Gasteiger partial charge in [0, 0.05) is 18.6 Å². The summed E-state index contributed by atoms with van der Waals surface area (Å²) < 4.78 is 0. The summed E-state index contributed by atoms with van der Waals surface area (Å²) in [5, 5.41) is 35.9. The Morgan fingerprint density at radius 1 is 1.14 bits per heavy atom. The minimum absolute atomic E-state index is 0.189. The molecule has 0 spiro atoms. The number of aliphatic hydroxyl groups excluding tert-OH is 1. The number of Topliss-reactive ketones (excluding diaryl/α,β-unsaturated/α-hetero) is 1. The minimum atomic E-state index is -0.581. The summed E-state index contributed by atoms with van der Waals surface area (Å²) in [5.41, 5.74) is -0.281. The number of aromatic hydroxyl groups is 3. The summed E-state index contributed by atoms with van der Waals surface area (Å²) in [6, 6.07) is 1.90. The van der Waals surface area contributed by atoms with Gasteiger partial charge in [0.1, 0.15) is 22.8 Å². The quantitative estimate of drug-likeness (QED) is 0.526. The summed E-state index contributed by atoms with van der Waals surface area (Å²) in [5.74, 6) is -1.91. The van der Waals surface area contributed by atoms with Crippen LogP contribution in [0.2, 0.25) is 0 Å². The predicted molar refractivity (Wildman–Crippen MR) is 47.5 cm³/mol. The molecule has 4 N–H and O–H groups in total. The van der Waals surface area contributed by atoms with Gasteiger partial charge in [-0.05, 0) is 0 Å². The van der Waals surface area contributed by atoms with E-state index in [4.69, 9.17) is 10.2 Å². The van der Waals surface area contributed by atoms with Gasteiger partial charge in [0.2, 0.25) is 0 Å². The standard InChI is InChI=1S/C9H10O5/c10-2-1-6(12)9-7(13)3-5(11)4-8(9)14/h3-4,10-11,13-14H,1-2H2. The lowest BCUT2D eigenvalue weighted by atomic mass is 10.1. The fraction of sp³-hybridized carbons (Fsp3) is 0.222. The van der Waals surface area contributed by atoms with Gasteiger partial charge in [0.15, 0.2) is 5.78 Å². The summed E-state index contributed by atoms with van der Waals surface area (Å²) in [4.78, 5) is 11.2. The van der Waals surface area contributed by atoms with Gasteiger partial charge >= 0.3 is 0 Å². The summed E-state index contributed by atoms with van der Waals surface area (Å²) in [6.45, 7) is -0.363. The van der Waals surface area contributed by atoms with Crippen LogP contribution >= 0.6 is 0 Å². The van der Waals surface area contributed by atoms with Crippen molar-refractivity contribution in [3.63, 3.8) is 0 Å². The molecule has 0 aliphatic rings. The maximum atomic E-state index is 11.2. The van der Waals surface area contributed by atoms with Crippen molar-refractivity contribution in [1.82, 2.24) is 0 Å². The van der Waals surface area contributed by atoms with Crippen LogP contribution in [0.4, 0.5) is 0 Å². The van der Waals surface area contributed by atoms with Gasteiger partial charge in [0.25, 0.3) is 0 Å². The molecule has 0 aliphatic carbocycles. The molecule has 1 rings (SSSR count). The Bertz CT molecular complexity index is 335. The smallest absolute Gasteiger partial charge is 0.172 e. The third-order valence-corrected chi connectivity index (χ3v) is 1.70. The van der Waals surface area contributed by atoms with Crippen LogP contribution in [0.25, 0.3) is 0 Å². The molecule has 0 bridgehead atoms. The molecule has 0 heterocycles. The zero-order valence-electron chi connectivity index (χ0n) is 7.27. The minimum Gasteiger partial charge on any atom is -0.508 e. The van der Waals surface area contributed by atoms with Crippen molar-refractivity contribution < 1.29 is 25.2 Å². The highest BCUT2D eigenvalue weighted by Gasteiger charge is 2.16. The van der Waals surface area contributed by atoms with E-state index in [9.17, 15) is 15.0 Å². The van der Waals surface area contributed by atoms with E-state index in [0.29, 0.717) is 0 Å². The number of ketones is 1. The summed E-state index contributed by atoms with van der Waals surface area (Å²) in [7, 11) is 0. The lowest BCUT2D eigenvalue weighted by molar-refractivity contribution is 0.0951. The van der Waals surface area contributed by atoms with Crippen LogP contribution in [-0.4, -0.2) is 32.8 Å². The summed E-state index contributed by atoms with van der Waals surface area (Å²) in [6.07, 6.45) is -0.189. The Morgan fingerprint density at radius 2 is 1.64 bits per heavy atom. The van der Waals surface area contributed by atoms with E-state index in [1.807, 2.05) is 0 Å². The second-order valence-corrected chi connectivity index (χ2v) is 2.76. The van der Waals surface area contributed by atoms with Gasteiger partial charge in [-0.15, -0.1) is 0 Å². The molecular weight excluding hydrogens is 188 g/mol. The number of hydrogen-bond donors (Lipinski definition) is 4. The molecule has 1 aromatic carbocycles. The van der Waals surface area contributed by atoms with E-state index in [-0.39, 0.29) is 24.3 Å². The van der Waals surface area contributed by atoms with Gasteiger partial charge in [-0.25, -0.2) is 0 Å². The molecular formula is C9H10O5. The number of phenolic OH excluding ortho intramolecular Hbond substituents is 3. The van der Waals surface area contributed by atoms with E-state index in [0.717, 1.165) is 12.1 Å². The highest BCUT2D eigenvalue weighted by Crippen LogP contribution is 2.32. The Hall–Kier alpha value is -1.75. The monoisotopic (exact) mass is 198 g/mol. The number of aliphatic hydroxyl groups is 1. The van der Waals surface area contributed by atoms with Crippen LogP contribution in [0.5, 0.6) is 17.2 Å². The average molecular weight is 198 g/mol. The first kappa shape index (κ1) is 10.3. The van der Waals surface area contributed by atoms with Crippen LogP contribution in [0.15, 0.2) is 12.1 Å². The number of carbonyl (C=O) groups excluding carboxylic acids is 1. The van der Waals surface area contributed by atoms with Crippen LogP contribution in [0.1, 0.15) is 16.8 Å². The molecule has 14 heavy (non-hydrogen) atoms. The molecule has 0 aliphatic heterocycles. The number of phenols is 3. The number of rotatable bonds is 3. The predicted octanol–water partition coefficient (Wildman–Crippen LogP) is 0.368.